The van der Waals surface area contributed by atoms with Crippen LogP contribution in [0.3, 0.4) is 0 Å². The van der Waals surface area contributed by atoms with Gasteiger partial charge in [0, 0.05) is 19.5 Å². The molecular formula is C21H26N6O2. The number of benzene rings is 1. The quantitative estimate of drug-likeness (QED) is 0.667. The van der Waals surface area contributed by atoms with Crippen LogP contribution < -0.4 is 16.3 Å². The number of hydrogen-bond acceptors (Lipinski definition) is 5. The highest BCUT2D eigenvalue weighted by Crippen LogP contribution is 2.30. The third kappa shape index (κ3) is 2.99. The molecule has 0 fully saturated rings. The third-order valence-electron chi connectivity index (χ3n) is 5.56. The Morgan fingerprint density at radius 1 is 1.07 bits per heavy atom. The summed E-state index contributed by atoms with van der Waals surface area (Å²) in [6, 6.07) is 8.14. The largest absolute Gasteiger partial charge is 0.332 e. The molecule has 0 saturated heterocycles. The lowest BCUT2D eigenvalue weighted by atomic mass is 9.89. The minimum Gasteiger partial charge on any atom is -0.297 e. The van der Waals surface area contributed by atoms with Gasteiger partial charge >= 0.3 is 5.69 Å². The van der Waals surface area contributed by atoms with Crippen molar-refractivity contribution in [1.29, 1.82) is 0 Å². The van der Waals surface area contributed by atoms with Crippen LogP contribution in [0.4, 0.5) is 5.95 Å². The summed E-state index contributed by atoms with van der Waals surface area (Å²) in [6.07, 6.45) is 0. The van der Waals surface area contributed by atoms with Gasteiger partial charge in [-0.3, -0.25) is 18.5 Å². The van der Waals surface area contributed by atoms with Crippen LogP contribution in [0.2, 0.25) is 0 Å². The first-order valence-electron chi connectivity index (χ1n) is 9.66. The maximum atomic E-state index is 12.9. The summed E-state index contributed by atoms with van der Waals surface area (Å²) in [6.45, 7) is 9.38. The highest BCUT2D eigenvalue weighted by Gasteiger charge is 2.31. The van der Waals surface area contributed by atoms with Gasteiger partial charge in [-0.15, -0.1) is 0 Å². The first-order chi connectivity index (χ1) is 13.6. The number of nitrogens with zero attached hydrogens (tertiary/aromatic N) is 6. The lowest BCUT2D eigenvalue weighted by molar-refractivity contribution is 0.548. The molecule has 0 bridgehead atoms. The maximum absolute atomic E-state index is 12.9. The molecule has 2 aromatic heterocycles. The predicted octanol–water partition coefficient (Wildman–Crippen LogP) is 2.16. The number of aryl methyl sites for hydroxylation is 2. The van der Waals surface area contributed by atoms with Crippen molar-refractivity contribution in [2.45, 2.75) is 40.8 Å². The molecule has 0 aliphatic carbocycles. The molecule has 0 amide bonds. The molecule has 3 aromatic rings. The molecule has 1 aromatic carbocycles. The SMILES string of the molecule is Cc1ccccc1CN1N=C(C(C)(C)C)Cn2c1nc1c2c(=O)n(C)c(=O)n1C. The van der Waals surface area contributed by atoms with Gasteiger partial charge in [0.2, 0.25) is 5.95 Å². The lowest BCUT2D eigenvalue weighted by Crippen LogP contribution is -2.39. The van der Waals surface area contributed by atoms with Crippen molar-refractivity contribution in [3.8, 4) is 0 Å². The average molecular weight is 394 g/mol. The summed E-state index contributed by atoms with van der Waals surface area (Å²) >= 11 is 0. The maximum Gasteiger partial charge on any atom is 0.332 e. The molecule has 0 unspecified atom stereocenters. The number of hydrazone groups is 1. The Labute approximate surface area is 168 Å². The normalized spacial score (nSPS) is 14.3. The van der Waals surface area contributed by atoms with Gasteiger partial charge in [0.15, 0.2) is 11.2 Å². The molecule has 0 saturated carbocycles. The zero-order valence-electron chi connectivity index (χ0n) is 17.7. The molecule has 29 heavy (non-hydrogen) atoms. The van der Waals surface area contributed by atoms with E-state index in [0.29, 0.717) is 30.2 Å². The first kappa shape index (κ1) is 19.2. The van der Waals surface area contributed by atoms with Crippen LogP contribution in [0.1, 0.15) is 31.9 Å². The molecule has 0 atom stereocenters. The van der Waals surface area contributed by atoms with E-state index in [-0.39, 0.29) is 16.7 Å². The smallest absolute Gasteiger partial charge is 0.297 e. The number of rotatable bonds is 2. The van der Waals surface area contributed by atoms with Crippen molar-refractivity contribution in [3.63, 3.8) is 0 Å². The Bertz CT molecular complexity index is 1270. The molecule has 0 N–H and O–H groups in total. The second kappa shape index (κ2) is 6.43. The van der Waals surface area contributed by atoms with Gasteiger partial charge in [-0.05, 0) is 18.1 Å². The predicted molar refractivity (Wildman–Crippen MR) is 114 cm³/mol. The number of aromatic nitrogens is 4. The molecule has 0 spiro atoms. The fourth-order valence-electron chi connectivity index (χ4n) is 3.60. The molecule has 3 heterocycles. The van der Waals surface area contributed by atoms with Crippen LogP contribution in [-0.4, -0.2) is 24.4 Å². The van der Waals surface area contributed by atoms with Crippen molar-refractivity contribution >= 4 is 22.8 Å². The van der Waals surface area contributed by atoms with Crippen LogP contribution in [0.15, 0.2) is 39.0 Å². The zero-order chi connectivity index (χ0) is 21.1. The fraction of sp³-hybridized carbons (Fsp3) is 0.429. The van der Waals surface area contributed by atoms with Crippen LogP contribution in [-0.2, 0) is 27.2 Å². The second-order valence-corrected chi connectivity index (χ2v) is 8.66. The van der Waals surface area contributed by atoms with Crippen molar-refractivity contribution in [1.82, 2.24) is 18.7 Å². The summed E-state index contributed by atoms with van der Waals surface area (Å²) in [4.78, 5) is 30.0. The van der Waals surface area contributed by atoms with E-state index in [0.717, 1.165) is 21.4 Å². The summed E-state index contributed by atoms with van der Waals surface area (Å²) in [5.74, 6) is 0.578. The summed E-state index contributed by atoms with van der Waals surface area (Å²) in [5, 5.41) is 6.74. The zero-order valence-corrected chi connectivity index (χ0v) is 17.7. The number of fused-ring (bicyclic) bond motifs is 3. The Kier molecular flexibility index (Phi) is 4.25. The Hall–Kier alpha value is -3.16. The number of hydrogen-bond donors (Lipinski definition) is 0. The minimum atomic E-state index is -0.389. The number of anilines is 1. The van der Waals surface area contributed by atoms with E-state index in [4.69, 9.17) is 5.10 Å². The van der Waals surface area contributed by atoms with Crippen LogP contribution in [0, 0.1) is 12.3 Å². The van der Waals surface area contributed by atoms with Gasteiger partial charge in [-0.2, -0.15) is 10.1 Å². The van der Waals surface area contributed by atoms with Gasteiger partial charge in [-0.25, -0.2) is 9.80 Å². The van der Waals surface area contributed by atoms with Crippen LogP contribution in [0.25, 0.3) is 11.2 Å². The molecule has 1 aliphatic heterocycles. The molecular weight excluding hydrogens is 368 g/mol. The van der Waals surface area contributed by atoms with Crippen LogP contribution >= 0.6 is 0 Å². The van der Waals surface area contributed by atoms with Crippen molar-refractivity contribution in [3.05, 3.63) is 56.2 Å². The van der Waals surface area contributed by atoms with E-state index in [1.807, 2.05) is 21.7 Å². The van der Waals surface area contributed by atoms with E-state index >= 15 is 0 Å². The topological polar surface area (TPSA) is 77.4 Å². The summed E-state index contributed by atoms with van der Waals surface area (Å²) in [7, 11) is 3.14. The van der Waals surface area contributed by atoms with E-state index in [2.05, 4.69) is 44.8 Å². The Balaban J connectivity index is 1.98. The lowest BCUT2D eigenvalue weighted by Gasteiger charge is -2.31. The van der Waals surface area contributed by atoms with Crippen molar-refractivity contribution in [2.75, 3.05) is 5.01 Å². The highest BCUT2D eigenvalue weighted by molar-refractivity contribution is 5.93. The van der Waals surface area contributed by atoms with Gasteiger partial charge < -0.3 is 0 Å². The standard InChI is InChI=1S/C21H26N6O2/c1-13-9-7-8-10-14(13)11-27-19-22-17-16(18(28)25(6)20(29)24(17)5)26(19)12-15(23-27)21(2,3)4/h7-10H,11-12H2,1-6H3. The monoisotopic (exact) mass is 394 g/mol. The van der Waals surface area contributed by atoms with Gasteiger partial charge in [0.25, 0.3) is 5.56 Å². The summed E-state index contributed by atoms with van der Waals surface area (Å²) in [5.41, 5.74) is 3.15. The Morgan fingerprint density at radius 2 is 1.76 bits per heavy atom. The van der Waals surface area contributed by atoms with Crippen LogP contribution in [0.5, 0.6) is 0 Å². The number of imidazole rings is 1. The highest BCUT2D eigenvalue weighted by atomic mass is 16.2. The molecule has 8 heteroatoms. The van der Waals surface area contributed by atoms with Crippen molar-refractivity contribution in [2.24, 2.45) is 24.6 Å². The van der Waals surface area contributed by atoms with Gasteiger partial charge in [0.05, 0.1) is 18.8 Å². The third-order valence-corrected chi connectivity index (χ3v) is 5.56. The molecule has 152 valence electrons. The Morgan fingerprint density at radius 3 is 2.41 bits per heavy atom. The fourth-order valence-corrected chi connectivity index (χ4v) is 3.60. The molecule has 0 radical (unpaired) electrons. The first-order valence-corrected chi connectivity index (χ1v) is 9.66. The average Bonchev–Trinajstić information content (AvgIpc) is 3.06. The van der Waals surface area contributed by atoms with E-state index < -0.39 is 0 Å². The van der Waals surface area contributed by atoms with E-state index in [9.17, 15) is 9.59 Å². The van der Waals surface area contributed by atoms with Gasteiger partial charge in [-0.1, -0.05) is 45.0 Å². The molecule has 4 rings (SSSR count). The van der Waals surface area contributed by atoms with Crippen molar-refractivity contribution < 1.29 is 0 Å². The van der Waals surface area contributed by atoms with Gasteiger partial charge in [0.1, 0.15) is 0 Å². The van der Waals surface area contributed by atoms with E-state index in [1.165, 1.54) is 11.6 Å². The molecule has 1 aliphatic rings. The molecule has 8 nitrogen and oxygen atoms in total. The summed E-state index contributed by atoms with van der Waals surface area (Å²) < 4.78 is 4.44. The minimum absolute atomic E-state index is 0.176. The van der Waals surface area contributed by atoms with E-state index in [1.54, 1.807) is 7.05 Å². The second-order valence-electron chi connectivity index (χ2n) is 8.66.